The van der Waals surface area contributed by atoms with Gasteiger partial charge in [-0.25, -0.2) is 0 Å². The highest BCUT2D eigenvalue weighted by atomic mass is 16.3. The summed E-state index contributed by atoms with van der Waals surface area (Å²) in [5.74, 6) is 2.30. The van der Waals surface area contributed by atoms with E-state index in [4.69, 9.17) is 11.5 Å². The molecule has 0 radical (unpaired) electrons. The van der Waals surface area contributed by atoms with Gasteiger partial charge in [-0.1, -0.05) is 6.08 Å². The Labute approximate surface area is 43.7 Å². The van der Waals surface area contributed by atoms with Crippen LogP contribution in [0.2, 0.25) is 0 Å². The maximum Gasteiger partial charge on any atom is 0.0827 e. The van der Waals surface area contributed by atoms with Crippen LogP contribution in [-0.4, -0.2) is 11.2 Å². The van der Waals surface area contributed by atoms with Crippen LogP contribution in [0.5, 0.6) is 0 Å². The van der Waals surface area contributed by atoms with Crippen molar-refractivity contribution in [1.29, 1.82) is 0 Å². The third kappa shape index (κ3) is 3.08. The van der Waals surface area contributed by atoms with E-state index in [2.05, 4.69) is 12.5 Å². The molecule has 0 aromatic rings. The average molecular weight is 96.1 g/mol. The predicted octanol–water partition coefficient (Wildman–Crippen LogP) is 0.557. The fourth-order valence-corrected chi connectivity index (χ4v) is 0.204. The van der Waals surface area contributed by atoms with Crippen molar-refractivity contribution in [3.8, 4) is 12.3 Å². The van der Waals surface area contributed by atoms with Crippen LogP contribution in [0.3, 0.4) is 0 Å². The maximum absolute atomic E-state index is 8.60. The van der Waals surface area contributed by atoms with Crippen molar-refractivity contribution in [2.75, 3.05) is 0 Å². The van der Waals surface area contributed by atoms with Crippen molar-refractivity contribution >= 4 is 0 Å². The smallest absolute Gasteiger partial charge is 0.0827 e. The molecule has 1 heteroatoms. The minimum Gasteiger partial charge on any atom is -0.388 e. The molecule has 0 saturated heterocycles. The molecule has 38 valence electrons. The first-order chi connectivity index (χ1) is 3.31. The van der Waals surface area contributed by atoms with Crippen LogP contribution in [0.4, 0.5) is 0 Å². The number of hydrogen-bond donors (Lipinski definition) is 1. The number of aliphatic hydroxyl groups excluding tert-OH is 1. The Morgan fingerprint density at radius 2 is 2.57 bits per heavy atom. The molecule has 1 N–H and O–H groups in total. The first-order valence-electron chi connectivity index (χ1n) is 2.05. The minimum atomic E-state index is -0.523. The Morgan fingerprint density at radius 1 is 2.00 bits per heavy atom. The Bertz CT molecular complexity index is 88.8. The van der Waals surface area contributed by atoms with Gasteiger partial charge in [-0.3, -0.25) is 0 Å². The summed E-state index contributed by atoms with van der Waals surface area (Å²) in [6.07, 6.45) is 6.11. The number of hydrogen-bond acceptors (Lipinski definition) is 1. The molecule has 0 spiro atoms. The molecule has 0 aromatic heterocycles. The van der Waals surface area contributed by atoms with Crippen LogP contribution in [0.25, 0.3) is 0 Å². The van der Waals surface area contributed by atoms with Crippen LogP contribution in [-0.2, 0) is 0 Å². The van der Waals surface area contributed by atoms with Gasteiger partial charge in [0.2, 0.25) is 0 Å². The minimum absolute atomic E-state index is 0.365. The van der Waals surface area contributed by atoms with Crippen LogP contribution in [0.15, 0.2) is 12.7 Å². The second kappa shape index (κ2) is 3.45. The van der Waals surface area contributed by atoms with Gasteiger partial charge in [-0.2, -0.15) is 0 Å². The summed E-state index contributed by atoms with van der Waals surface area (Å²) in [5.41, 5.74) is 0. The Morgan fingerprint density at radius 3 is 2.71 bits per heavy atom. The van der Waals surface area contributed by atoms with Crippen molar-refractivity contribution in [1.82, 2.24) is 0 Å². The highest BCUT2D eigenvalue weighted by Crippen LogP contribution is 1.86. The van der Waals surface area contributed by atoms with Crippen molar-refractivity contribution in [3.63, 3.8) is 0 Å². The van der Waals surface area contributed by atoms with E-state index in [1.165, 1.54) is 6.08 Å². The highest BCUT2D eigenvalue weighted by Gasteiger charge is 1.89. The van der Waals surface area contributed by atoms with Gasteiger partial charge in [0.15, 0.2) is 0 Å². The SMILES string of the molecule is C#CC[C@@H](O)C=C. The molecule has 0 heterocycles. The zero-order valence-electron chi connectivity index (χ0n) is 4.09. The lowest BCUT2D eigenvalue weighted by Crippen LogP contribution is -1.97. The Balaban J connectivity index is 3.21. The third-order valence-corrected chi connectivity index (χ3v) is 0.599. The van der Waals surface area contributed by atoms with E-state index in [0.717, 1.165) is 0 Å². The van der Waals surface area contributed by atoms with Crippen molar-refractivity contribution in [2.45, 2.75) is 12.5 Å². The van der Waals surface area contributed by atoms with E-state index >= 15 is 0 Å². The van der Waals surface area contributed by atoms with Gasteiger partial charge in [0, 0.05) is 6.42 Å². The number of rotatable bonds is 2. The van der Waals surface area contributed by atoms with E-state index < -0.39 is 6.10 Å². The second-order valence-corrected chi connectivity index (χ2v) is 1.21. The topological polar surface area (TPSA) is 20.2 Å². The Hall–Kier alpha value is -0.740. The third-order valence-electron chi connectivity index (χ3n) is 0.599. The predicted molar refractivity (Wildman–Crippen MR) is 29.7 cm³/mol. The molecule has 1 nitrogen and oxygen atoms in total. The molecule has 0 rings (SSSR count). The molecule has 1 atom stereocenters. The molecule has 0 unspecified atom stereocenters. The standard InChI is InChI=1S/C6H8O/c1-3-5-6(7)4-2/h1,4,6-7H,2,5H2/t6-/m0/s1. The maximum atomic E-state index is 8.60. The molecular weight excluding hydrogens is 88.1 g/mol. The van der Waals surface area contributed by atoms with E-state index in [0.29, 0.717) is 6.42 Å². The summed E-state index contributed by atoms with van der Waals surface area (Å²) in [4.78, 5) is 0. The lowest BCUT2D eigenvalue weighted by atomic mass is 10.3. The van der Waals surface area contributed by atoms with Crippen LogP contribution >= 0.6 is 0 Å². The number of aliphatic hydroxyl groups is 1. The van der Waals surface area contributed by atoms with Gasteiger partial charge in [0.1, 0.15) is 0 Å². The molecule has 0 fully saturated rings. The van der Waals surface area contributed by atoms with Crippen molar-refractivity contribution in [3.05, 3.63) is 12.7 Å². The average Bonchev–Trinajstić information content (AvgIpc) is 1.68. The highest BCUT2D eigenvalue weighted by molar-refractivity contribution is 4.92. The first-order valence-corrected chi connectivity index (χ1v) is 2.05. The molecular formula is C6H8O. The van der Waals surface area contributed by atoms with E-state index in [1.807, 2.05) is 0 Å². The molecule has 0 aromatic carbocycles. The fraction of sp³-hybridized carbons (Fsp3) is 0.333. The lowest BCUT2D eigenvalue weighted by molar-refractivity contribution is 0.230. The molecule has 0 aliphatic heterocycles. The molecule has 0 saturated carbocycles. The summed E-state index contributed by atoms with van der Waals surface area (Å²) >= 11 is 0. The summed E-state index contributed by atoms with van der Waals surface area (Å²) in [6.45, 7) is 3.33. The molecule has 0 aliphatic rings. The first kappa shape index (κ1) is 6.26. The van der Waals surface area contributed by atoms with Crippen LogP contribution in [0, 0.1) is 12.3 Å². The van der Waals surface area contributed by atoms with E-state index in [1.54, 1.807) is 0 Å². The van der Waals surface area contributed by atoms with Gasteiger partial charge >= 0.3 is 0 Å². The van der Waals surface area contributed by atoms with Crippen molar-refractivity contribution in [2.24, 2.45) is 0 Å². The zero-order chi connectivity index (χ0) is 5.70. The summed E-state index contributed by atoms with van der Waals surface area (Å²) in [6, 6.07) is 0. The molecule has 0 aliphatic carbocycles. The normalized spacial score (nSPS) is 12.0. The van der Waals surface area contributed by atoms with Gasteiger partial charge in [-0.15, -0.1) is 18.9 Å². The second-order valence-electron chi connectivity index (χ2n) is 1.21. The van der Waals surface area contributed by atoms with Crippen LogP contribution in [0.1, 0.15) is 6.42 Å². The van der Waals surface area contributed by atoms with Gasteiger partial charge < -0.3 is 5.11 Å². The van der Waals surface area contributed by atoms with E-state index in [-0.39, 0.29) is 0 Å². The van der Waals surface area contributed by atoms with Gasteiger partial charge in [-0.05, 0) is 0 Å². The summed E-state index contributed by atoms with van der Waals surface area (Å²) in [5, 5.41) is 8.60. The molecule has 7 heavy (non-hydrogen) atoms. The van der Waals surface area contributed by atoms with Crippen molar-refractivity contribution < 1.29 is 5.11 Å². The van der Waals surface area contributed by atoms with Gasteiger partial charge in [0.05, 0.1) is 6.10 Å². The zero-order valence-corrected chi connectivity index (χ0v) is 4.09. The quantitative estimate of drug-likeness (QED) is 0.393. The summed E-state index contributed by atoms with van der Waals surface area (Å²) < 4.78 is 0. The van der Waals surface area contributed by atoms with Gasteiger partial charge in [0.25, 0.3) is 0 Å². The van der Waals surface area contributed by atoms with E-state index in [9.17, 15) is 0 Å². The van der Waals surface area contributed by atoms with Crippen LogP contribution < -0.4 is 0 Å². The monoisotopic (exact) mass is 96.1 g/mol. The summed E-state index contributed by atoms with van der Waals surface area (Å²) in [7, 11) is 0. The fourth-order valence-electron chi connectivity index (χ4n) is 0.204. The molecule has 0 bridgehead atoms. The molecule has 0 amide bonds. The largest absolute Gasteiger partial charge is 0.388 e. The Kier molecular flexibility index (Phi) is 3.09. The lowest BCUT2D eigenvalue weighted by Gasteiger charge is -1.93. The number of terminal acetylenes is 1.